The molecule has 1 saturated heterocycles. The van der Waals surface area contributed by atoms with Gasteiger partial charge in [-0.2, -0.15) is 4.98 Å². The minimum absolute atomic E-state index is 0.490. The zero-order chi connectivity index (χ0) is 13.8. The van der Waals surface area contributed by atoms with Crippen LogP contribution in [0.5, 0.6) is 0 Å². The van der Waals surface area contributed by atoms with Crippen LogP contribution >= 0.6 is 11.8 Å². The summed E-state index contributed by atoms with van der Waals surface area (Å²) in [5.41, 5.74) is 0. The zero-order valence-corrected chi connectivity index (χ0v) is 12.4. The Balaban J connectivity index is 1.59. The van der Waals surface area contributed by atoms with Gasteiger partial charge in [-0.15, -0.1) is 16.9 Å². The molecule has 0 unspecified atom stereocenters. The van der Waals surface area contributed by atoms with E-state index in [1.54, 1.807) is 11.8 Å². The van der Waals surface area contributed by atoms with Gasteiger partial charge in [-0.25, -0.2) is 0 Å². The number of nitrogens with zero attached hydrogens (tertiary/aromatic N) is 3. The molecule has 0 radical (unpaired) electrons. The number of piperazine rings is 1. The molecule has 5 nitrogen and oxygen atoms in total. The molecule has 0 aliphatic carbocycles. The van der Waals surface area contributed by atoms with Crippen molar-refractivity contribution < 1.29 is 0 Å². The average Bonchev–Trinajstić information content (AvgIpc) is 2.95. The van der Waals surface area contributed by atoms with Gasteiger partial charge < -0.3 is 10.2 Å². The van der Waals surface area contributed by atoms with Crippen LogP contribution in [0.25, 0.3) is 0 Å². The van der Waals surface area contributed by atoms with Gasteiger partial charge in [0.15, 0.2) is 0 Å². The number of hydrogen-bond donors (Lipinski definition) is 2. The summed E-state index contributed by atoms with van der Waals surface area (Å²) in [6.07, 6.45) is 0. The van der Waals surface area contributed by atoms with Crippen LogP contribution < -0.4 is 10.2 Å². The maximum absolute atomic E-state index is 4.59. The Morgan fingerprint density at radius 3 is 3.00 bits per heavy atom. The monoisotopic (exact) mass is 289 g/mol. The lowest BCUT2D eigenvalue weighted by molar-refractivity contribution is 0.480. The molecular formula is C14H19N5S. The van der Waals surface area contributed by atoms with Crippen LogP contribution in [0.4, 0.5) is 5.95 Å². The van der Waals surface area contributed by atoms with E-state index in [2.05, 4.69) is 56.6 Å². The maximum Gasteiger partial charge on any atom is 0.244 e. The highest BCUT2D eigenvalue weighted by molar-refractivity contribution is 7.98. The molecule has 0 amide bonds. The lowest BCUT2D eigenvalue weighted by atomic mass is 10.2. The summed E-state index contributed by atoms with van der Waals surface area (Å²) < 4.78 is 0. The molecule has 6 heteroatoms. The van der Waals surface area contributed by atoms with Crippen molar-refractivity contribution in [1.82, 2.24) is 20.5 Å². The number of H-pyrrole nitrogens is 1. The third-order valence-corrected chi connectivity index (χ3v) is 4.31. The van der Waals surface area contributed by atoms with Crippen molar-refractivity contribution in [2.75, 3.05) is 24.5 Å². The van der Waals surface area contributed by atoms with E-state index >= 15 is 0 Å². The first-order valence-electron chi connectivity index (χ1n) is 6.89. The summed E-state index contributed by atoms with van der Waals surface area (Å²) >= 11 is 1.77. The Morgan fingerprint density at radius 1 is 1.35 bits per heavy atom. The molecule has 1 aromatic heterocycles. The van der Waals surface area contributed by atoms with Crippen LogP contribution in [-0.4, -0.2) is 40.9 Å². The van der Waals surface area contributed by atoms with E-state index in [1.165, 1.54) is 4.90 Å². The predicted octanol–water partition coefficient (Wildman–Crippen LogP) is 1.90. The highest BCUT2D eigenvalue weighted by Crippen LogP contribution is 2.21. The molecule has 0 saturated carbocycles. The third kappa shape index (κ3) is 3.32. The van der Waals surface area contributed by atoms with Crippen molar-refractivity contribution in [2.24, 2.45) is 0 Å². The number of aromatic nitrogens is 3. The van der Waals surface area contributed by atoms with Gasteiger partial charge in [0.1, 0.15) is 5.82 Å². The van der Waals surface area contributed by atoms with Gasteiger partial charge in [0.25, 0.3) is 0 Å². The summed E-state index contributed by atoms with van der Waals surface area (Å²) in [5, 5.41) is 10.8. The van der Waals surface area contributed by atoms with Gasteiger partial charge >= 0.3 is 0 Å². The highest BCUT2D eigenvalue weighted by atomic mass is 32.2. The summed E-state index contributed by atoms with van der Waals surface area (Å²) in [6.45, 7) is 5.10. The molecule has 0 spiro atoms. The smallest absolute Gasteiger partial charge is 0.244 e. The van der Waals surface area contributed by atoms with Crippen molar-refractivity contribution in [3.05, 3.63) is 36.2 Å². The highest BCUT2D eigenvalue weighted by Gasteiger charge is 2.19. The van der Waals surface area contributed by atoms with Gasteiger partial charge in [0.05, 0.1) is 5.75 Å². The largest absolute Gasteiger partial charge is 0.337 e. The molecule has 106 valence electrons. The second-order valence-corrected chi connectivity index (χ2v) is 6.03. The molecule has 0 bridgehead atoms. The van der Waals surface area contributed by atoms with Crippen molar-refractivity contribution in [2.45, 2.75) is 23.6 Å². The zero-order valence-electron chi connectivity index (χ0n) is 11.5. The molecule has 3 rings (SSSR count). The van der Waals surface area contributed by atoms with Gasteiger partial charge in [-0.05, 0) is 19.1 Å². The summed E-state index contributed by atoms with van der Waals surface area (Å²) in [4.78, 5) is 8.08. The van der Waals surface area contributed by atoms with Crippen molar-refractivity contribution in [3.8, 4) is 0 Å². The summed E-state index contributed by atoms with van der Waals surface area (Å²) in [6, 6.07) is 10.8. The van der Waals surface area contributed by atoms with E-state index in [-0.39, 0.29) is 0 Å². The Morgan fingerprint density at radius 2 is 2.20 bits per heavy atom. The molecule has 1 fully saturated rings. The van der Waals surface area contributed by atoms with E-state index in [4.69, 9.17) is 0 Å². The summed E-state index contributed by atoms with van der Waals surface area (Å²) in [7, 11) is 0. The van der Waals surface area contributed by atoms with E-state index in [1.807, 2.05) is 6.07 Å². The third-order valence-electron chi connectivity index (χ3n) is 3.29. The predicted molar refractivity (Wildman–Crippen MR) is 82.1 cm³/mol. The Labute approximate surface area is 123 Å². The fourth-order valence-corrected chi connectivity index (χ4v) is 3.06. The molecule has 1 aromatic carbocycles. The molecular weight excluding hydrogens is 270 g/mol. The van der Waals surface area contributed by atoms with Gasteiger partial charge in [0, 0.05) is 30.6 Å². The quantitative estimate of drug-likeness (QED) is 0.842. The van der Waals surface area contributed by atoms with E-state index in [0.29, 0.717) is 6.04 Å². The Bertz CT molecular complexity index is 542. The maximum atomic E-state index is 4.59. The first-order chi connectivity index (χ1) is 9.81. The van der Waals surface area contributed by atoms with E-state index in [0.717, 1.165) is 37.2 Å². The molecule has 1 aliphatic heterocycles. The second-order valence-electron chi connectivity index (χ2n) is 4.99. The first-order valence-corrected chi connectivity index (χ1v) is 7.87. The minimum Gasteiger partial charge on any atom is -0.337 e. The number of hydrogen-bond acceptors (Lipinski definition) is 5. The number of benzene rings is 1. The normalized spacial score (nSPS) is 19.2. The molecule has 1 atom stereocenters. The lowest BCUT2D eigenvalue weighted by Crippen LogP contribution is -2.49. The number of rotatable bonds is 4. The van der Waals surface area contributed by atoms with Crippen LogP contribution in [0.2, 0.25) is 0 Å². The van der Waals surface area contributed by atoms with Crippen LogP contribution in [0.3, 0.4) is 0 Å². The molecule has 2 aromatic rings. The summed E-state index contributed by atoms with van der Waals surface area (Å²) in [5.74, 6) is 2.57. The number of thioether (sulfide) groups is 1. The fourth-order valence-electron chi connectivity index (χ4n) is 2.27. The minimum atomic E-state index is 0.490. The Hall–Kier alpha value is -1.53. The molecule has 2 heterocycles. The molecule has 1 aliphatic rings. The van der Waals surface area contributed by atoms with Gasteiger partial charge in [-0.1, -0.05) is 18.2 Å². The second kappa shape index (κ2) is 6.28. The van der Waals surface area contributed by atoms with Crippen LogP contribution in [0.1, 0.15) is 12.7 Å². The van der Waals surface area contributed by atoms with E-state index < -0.39 is 0 Å². The van der Waals surface area contributed by atoms with Crippen LogP contribution in [0.15, 0.2) is 35.2 Å². The van der Waals surface area contributed by atoms with Crippen molar-refractivity contribution in [3.63, 3.8) is 0 Å². The number of anilines is 1. The number of aromatic amines is 1. The number of nitrogens with one attached hydrogen (secondary N) is 2. The Kier molecular flexibility index (Phi) is 4.22. The average molecular weight is 289 g/mol. The SMILES string of the molecule is C[C@H]1CN(c2n[nH]c(CSc3ccccc3)n2)CCN1. The standard InChI is InChI=1S/C14H19N5S/c1-11-9-19(8-7-15-11)14-16-13(17-18-14)10-20-12-5-3-2-4-6-12/h2-6,11,15H,7-10H2,1H3,(H,16,17,18)/t11-/m0/s1. The molecule has 2 N–H and O–H groups in total. The van der Waals surface area contributed by atoms with Crippen molar-refractivity contribution >= 4 is 17.7 Å². The van der Waals surface area contributed by atoms with Crippen LogP contribution in [0, 0.1) is 0 Å². The van der Waals surface area contributed by atoms with Crippen LogP contribution in [-0.2, 0) is 5.75 Å². The van der Waals surface area contributed by atoms with E-state index in [9.17, 15) is 0 Å². The topological polar surface area (TPSA) is 56.8 Å². The van der Waals surface area contributed by atoms with Gasteiger partial charge in [-0.3, -0.25) is 5.10 Å². The fraction of sp³-hybridized carbons (Fsp3) is 0.429. The lowest BCUT2D eigenvalue weighted by Gasteiger charge is -2.30. The van der Waals surface area contributed by atoms with Gasteiger partial charge in [0.2, 0.25) is 5.95 Å². The first kappa shape index (κ1) is 13.5. The molecule has 20 heavy (non-hydrogen) atoms. The van der Waals surface area contributed by atoms with Crippen molar-refractivity contribution in [1.29, 1.82) is 0 Å².